The first-order valence-corrected chi connectivity index (χ1v) is 6.77. The van der Waals surface area contributed by atoms with Crippen LogP contribution in [-0.2, 0) is 9.59 Å². The van der Waals surface area contributed by atoms with Crippen LogP contribution in [0.15, 0.2) is 24.3 Å². The third-order valence-corrected chi connectivity index (χ3v) is 2.73. The van der Waals surface area contributed by atoms with Crippen LogP contribution < -0.4 is 10.6 Å². The summed E-state index contributed by atoms with van der Waals surface area (Å²) >= 11 is 0. The zero-order valence-electron chi connectivity index (χ0n) is 12.1. The number of nitrogens with one attached hydrogen (secondary N) is 2. The highest BCUT2D eigenvalue weighted by atomic mass is 16.3. The molecule has 1 aromatic rings. The van der Waals surface area contributed by atoms with E-state index in [2.05, 4.69) is 10.6 Å². The van der Waals surface area contributed by atoms with Gasteiger partial charge in [0.05, 0.1) is 6.10 Å². The third kappa shape index (κ3) is 5.84. The van der Waals surface area contributed by atoms with E-state index in [0.29, 0.717) is 17.8 Å². The zero-order valence-corrected chi connectivity index (χ0v) is 12.1. The first-order valence-electron chi connectivity index (χ1n) is 6.77. The summed E-state index contributed by atoms with van der Waals surface area (Å²) in [6.07, 6.45) is 0.202. The summed E-state index contributed by atoms with van der Waals surface area (Å²) in [6, 6.07) is 7.00. The molecule has 1 rings (SSSR count). The molecule has 1 aromatic carbocycles. The summed E-state index contributed by atoms with van der Waals surface area (Å²) in [5.74, 6) is -0.319. The van der Waals surface area contributed by atoms with E-state index in [4.69, 9.17) is 5.11 Å². The predicted octanol–water partition coefficient (Wildman–Crippen LogP) is 2.38. The predicted molar refractivity (Wildman–Crippen MR) is 79.5 cm³/mol. The van der Waals surface area contributed by atoms with Crippen LogP contribution in [0.3, 0.4) is 0 Å². The summed E-state index contributed by atoms with van der Waals surface area (Å²) in [5, 5.41) is 14.6. The Labute approximate surface area is 119 Å². The number of aliphatic hydroxyl groups excluding tert-OH is 1. The van der Waals surface area contributed by atoms with E-state index >= 15 is 0 Å². The topological polar surface area (TPSA) is 78.4 Å². The molecule has 1 atom stereocenters. The van der Waals surface area contributed by atoms with E-state index in [-0.39, 0.29) is 24.2 Å². The van der Waals surface area contributed by atoms with Gasteiger partial charge in [-0.2, -0.15) is 0 Å². The lowest BCUT2D eigenvalue weighted by Crippen LogP contribution is -2.18. The lowest BCUT2D eigenvalue weighted by Gasteiger charge is -2.10. The number of hydrogen-bond acceptors (Lipinski definition) is 3. The maximum Gasteiger partial charge on any atom is 0.226 e. The second kappa shape index (κ2) is 7.65. The van der Waals surface area contributed by atoms with E-state index < -0.39 is 6.10 Å². The minimum absolute atomic E-state index is 0.0671. The number of anilines is 2. The minimum Gasteiger partial charge on any atom is -0.393 e. The molecule has 0 radical (unpaired) electrons. The molecule has 0 aliphatic carbocycles. The van der Waals surface area contributed by atoms with Gasteiger partial charge in [-0.3, -0.25) is 9.59 Å². The monoisotopic (exact) mass is 278 g/mol. The second-order valence-electron chi connectivity index (χ2n) is 5.16. The lowest BCUT2D eigenvalue weighted by atomic mass is 10.2. The van der Waals surface area contributed by atoms with Gasteiger partial charge in [0, 0.05) is 23.7 Å². The molecule has 0 aromatic heterocycles. The Balaban J connectivity index is 2.59. The quantitative estimate of drug-likeness (QED) is 0.747. The summed E-state index contributed by atoms with van der Waals surface area (Å²) in [5.41, 5.74) is 1.28. The van der Waals surface area contributed by atoms with Gasteiger partial charge in [-0.1, -0.05) is 19.9 Å². The molecule has 0 aliphatic rings. The van der Waals surface area contributed by atoms with Gasteiger partial charge >= 0.3 is 0 Å². The molecule has 2 amide bonds. The van der Waals surface area contributed by atoms with E-state index in [1.165, 1.54) is 0 Å². The number of carbonyl (C=O) groups is 2. The summed E-state index contributed by atoms with van der Waals surface area (Å²) in [4.78, 5) is 23.2. The number of benzene rings is 1. The summed E-state index contributed by atoms with van der Waals surface area (Å²) in [7, 11) is 0. The highest BCUT2D eigenvalue weighted by Crippen LogP contribution is 2.16. The van der Waals surface area contributed by atoms with Crippen LogP contribution in [0.4, 0.5) is 11.4 Å². The van der Waals surface area contributed by atoms with Crippen LogP contribution in [-0.4, -0.2) is 23.0 Å². The molecule has 5 heteroatoms. The van der Waals surface area contributed by atoms with Crippen molar-refractivity contribution in [2.45, 2.75) is 39.7 Å². The normalized spacial score (nSPS) is 12.1. The highest BCUT2D eigenvalue weighted by Gasteiger charge is 2.08. The summed E-state index contributed by atoms with van der Waals surface area (Å²) in [6.45, 7) is 5.28. The smallest absolute Gasteiger partial charge is 0.226 e. The van der Waals surface area contributed by atoms with Crippen LogP contribution in [0.5, 0.6) is 0 Å². The SMILES string of the molecule is CC(O)CCC(=O)Nc1cccc(NC(=O)C(C)C)c1. The fourth-order valence-corrected chi connectivity index (χ4v) is 1.52. The number of aliphatic hydroxyl groups is 1. The first-order chi connectivity index (χ1) is 9.38. The van der Waals surface area contributed by atoms with Crippen molar-refractivity contribution >= 4 is 23.2 Å². The molecule has 0 heterocycles. The lowest BCUT2D eigenvalue weighted by molar-refractivity contribution is -0.119. The van der Waals surface area contributed by atoms with Crippen molar-refractivity contribution in [3.8, 4) is 0 Å². The Kier molecular flexibility index (Phi) is 6.18. The van der Waals surface area contributed by atoms with E-state index in [1.54, 1.807) is 31.2 Å². The van der Waals surface area contributed by atoms with Crippen molar-refractivity contribution in [2.24, 2.45) is 5.92 Å². The van der Waals surface area contributed by atoms with Gasteiger partial charge in [0.25, 0.3) is 0 Å². The van der Waals surface area contributed by atoms with Crippen LogP contribution in [0.1, 0.15) is 33.6 Å². The van der Waals surface area contributed by atoms with Gasteiger partial charge < -0.3 is 15.7 Å². The minimum atomic E-state index is -0.489. The van der Waals surface area contributed by atoms with Crippen molar-refractivity contribution in [1.29, 1.82) is 0 Å². The average molecular weight is 278 g/mol. The van der Waals surface area contributed by atoms with Gasteiger partial charge in [0.1, 0.15) is 0 Å². The van der Waals surface area contributed by atoms with Gasteiger partial charge in [0.15, 0.2) is 0 Å². The van der Waals surface area contributed by atoms with Crippen molar-refractivity contribution < 1.29 is 14.7 Å². The van der Waals surface area contributed by atoms with Crippen molar-refractivity contribution in [2.75, 3.05) is 10.6 Å². The van der Waals surface area contributed by atoms with Gasteiger partial charge in [-0.15, -0.1) is 0 Å². The third-order valence-electron chi connectivity index (χ3n) is 2.73. The Bertz CT molecular complexity index is 470. The Hall–Kier alpha value is -1.88. The molecule has 5 nitrogen and oxygen atoms in total. The van der Waals surface area contributed by atoms with Crippen molar-refractivity contribution in [3.63, 3.8) is 0 Å². The molecule has 0 saturated heterocycles. The summed E-state index contributed by atoms with van der Waals surface area (Å²) < 4.78 is 0. The molecule has 1 unspecified atom stereocenters. The fraction of sp³-hybridized carbons (Fsp3) is 0.467. The first kappa shape index (κ1) is 16.2. The Morgan fingerprint density at radius 2 is 1.75 bits per heavy atom. The van der Waals surface area contributed by atoms with E-state index in [1.807, 2.05) is 13.8 Å². The molecule has 0 saturated carbocycles. The van der Waals surface area contributed by atoms with Crippen LogP contribution in [0.25, 0.3) is 0 Å². The highest BCUT2D eigenvalue weighted by molar-refractivity contribution is 5.94. The molecular weight excluding hydrogens is 256 g/mol. The molecular formula is C15H22N2O3. The molecule has 3 N–H and O–H groups in total. The molecule has 110 valence electrons. The van der Waals surface area contributed by atoms with Crippen LogP contribution in [0, 0.1) is 5.92 Å². The van der Waals surface area contributed by atoms with Crippen LogP contribution >= 0.6 is 0 Å². The van der Waals surface area contributed by atoms with Gasteiger partial charge in [-0.05, 0) is 31.5 Å². The maximum atomic E-state index is 11.6. The van der Waals surface area contributed by atoms with E-state index in [0.717, 1.165) is 0 Å². The van der Waals surface area contributed by atoms with Gasteiger partial charge in [-0.25, -0.2) is 0 Å². The fourth-order valence-electron chi connectivity index (χ4n) is 1.52. The average Bonchev–Trinajstić information content (AvgIpc) is 2.36. The molecule has 0 fully saturated rings. The number of hydrogen-bond donors (Lipinski definition) is 3. The number of rotatable bonds is 6. The molecule has 0 aliphatic heterocycles. The molecule has 0 bridgehead atoms. The van der Waals surface area contributed by atoms with Crippen molar-refractivity contribution in [3.05, 3.63) is 24.3 Å². The second-order valence-corrected chi connectivity index (χ2v) is 5.16. The maximum absolute atomic E-state index is 11.6. The van der Waals surface area contributed by atoms with E-state index in [9.17, 15) is 9.59 Å². The Morgan fingerprint density at radius 3 is 2.30 bits per heavy atom. The largest absolute Gasteiger partial charge is 0.393 e. The molecule has 20 heavy (non-hydrogen) atoms. The van der Waals surface area contributed by atoms with Crippen LogP contribution in [0.2, 0.25) is 0 Å². The standard InChI is InChI=1S/C15H22N2O3/c1-10(2)15(20)17-13-6-4-5-12(9-13)16-14(19)8-7-11(3)18/h4-6,9-11,18H,7-8H2,1-3H3,(H,16,19)(H,17,20). The Morgan fingerprint density at radius 1 is 1.15 bits per heavy atom. The number of carbonyl (C=O) groups excluding carboxylic acids is 2. The van der Waals surface area contributed by atoms with Gasteiger partial charge in [0.2, 0.25) is 11.8 Å². The molecule has 0 spiro atoms. The number of amides is 2. The zero-order chi connectivity index (χ0) is 15.1. The van der Waals surface area contributed by atoms with Crippen molar-refractivity contribution in [1.82, 2.24) is 0 Å².